The maximum absolute atomic E-state index is 13.2. The van der Waals surface area contributed by atoms with E-state index in [1.54, 1.807) is 0 Å². The Bertz CT molecular complexity index is 1230. The molecule has 170 valence electrons. The molecule has 0 radical (unpaired) electrons. The highest BCUT2D eigenvalue weighted by molar-refractivity contribution is 6.13. The molecule has 0 unspecified atom stereocenters. The Kier molecular flexibility index (Phi) is 5.54. The second-order valence-corrected chi connectivity index (χ2v) is 6.94. The SMILES string of the molecule is COc1cc(C(=O)Nc2cnn3c2C(=O)N(c2ccc(C(F)(F)F)cc2)C[C@@H]3N=O)ccn1. The number of carbonyl (C=O) groups is 2. The number of rotatable bonds is 5. The van der Waals surface area contributed by atoms with Crippen LogP contribution < -0.4 is 15.0 Å². The summed E-state index contributed by atoms with van der Waals surface area (Å²) in [6, 6.07) is 6.72. The summed E-state index contributed by atoms with van der Waals surface area (Å²) < 4.78 is 44.7. The van der Waals surface area contributed by atoms with Crippen LogP contribution in [0.15, 0.2) is 54.0 Å². The lowest BCUT2D eigenvalue weighted by atomic mass is 10.1. The molecule has 0 saturated heterocycles. The highest BCUT2D eigenvalue weighted by atomic mass is 19.4. The number of nitrogens with one attached hydrogen (secondary N) is 1. The number of carbonyl (C=O) groups excluding carboxylic acids is 2. The number of nitroso groups, excluding NO2 is 1. The molecule has 0 spiro atoms. The first kappa shape index (κ1) is 21.9. The van der Waals surface area contributed by atoms with E-state index < -0.39 is 29.7 Å². The fraction of sp³-hybridized carbons (Fsp3) is 0.200. The first-order valence-corrected chi connectivity index (χ1v) is 9.43. The van der Waals surface area contributed by atoms with Crippen molar-refractivity contribution in [2.24, 2.45) is 5.18 Å². The van der Waals surface area contributed by atoms with Gasteiger partial charge < -0.3 is 15.0 Å². The number of hydrogen-bond acceptors (Lipinski definition) is 7. The molecule has 4 rings (SSSR count). The van der Waals surface area contributed by atoms with Crippen molar-refractivity contribution in [2.75, 3.05) is 23.9 Å². The van der Waals surface area contributed by atoms with Gasteiger partial charge in [-0.15, -0.1) is 4.91 Å². The first-order chi connectivity index (χ1) is 15.7. The van der Waals surface area contributed by atoms with Gasteiger partial charge in [-0.25, -0.2) is 9.67 Å². The zero-order chi connectivity index (χ0) is 23.8. The van der Waals surface area contributed by atoms with Crippen molar-refractivity contribution in [2.45, 2.75) is 12.3 Å². The number of methoxy groups -OCH3 is 1. The molecule has 0 bridgehead atoms. The molecule has 13 heteroatoms. The molecule has 0 aliphatic carbocycles. The molecule has 2 amide bonds. The number of halogens is 3. The molecular formula is C20H15F3N6O4. The molecule has 1 aliphatic rings. The molecule has 3 aromatic rings. The second kappa shape index (κ2) is 8.33. The number of ether oxygens (including phenoxy) is 1. The van der Waals surface area contributed by atoms with Gasteiger partial charge in [-0.2, -0.15) is 18.3 Å². The summed E-state index contributed by atoms with van der Waals surface area (Å²) in [6.45, 7) is -0.239. The largest absolute Gasteiger partial charge is 0.481 e. The number of benzene rings is 1. The number of aromatic nitrogens is 3. The summed E-state index contributed by atoms with van der Waals surface area (Å²) in [5.41, 5.74) is -0.697. The third kappa shape index (κ3) is 4.12. The maximum atomic E-state index is 13.2. The highest BCUT2D eigenvalue weighted by Gasteiger charge is 2.37. The Morgan fingerprint density at radius 3 is 2.61 bits per heavy atom. The van der Waals surface area contributed by atoms with E-state index >= 15 is 0 Å². The maximum Gasteiger partial charge on any atom is 0.416 e. The lowest BCUT2D eigenvalue weighted by Crippen LogP contribution is -2.43. The van der Waals surface area contributed by atoms with Crippen molar-refractivity contribution >= 4 is 23.2 Å². The fourth-order valence-electron chi connectivity index (χ4n) is 3.33. The average molecular weight is 460 g/mol. The topological polar surface area (TPSA) is 119 Å². The molecule has 2 aromatic heterocycles. The minimum Gasteiger partial charge on any atom is -0.481 e. The van der Waals surface area contributed by atoms with E-state index in [1.807, 2.05) is 0 Å². The van der Waals surface area contributed by atoms with Gasteiger partial charge in [0.2, 0.25) is 12.0 Å². The van der Waals surface area contributed by atoms with Crippen LogP contribution in [0.1, 0.15) is 32.6 Å². The molecule has 33 heavy (non-hydrogen) atoms. The Morgan fingerprint density at radius 2 is 1.97 bits per heavy atom. The number of pyridine rings is 1. The second-order valence-electron chi connectivity index (χ2n) is 6.94. The van der Waals surface area contributed by atoms with Crippen LogP contribution in [0.4, 0.5) is 24.5 Å². The lowest BCUT2D eigenvalue weighted by molar-refractivity contribution is -0.137. The van der Waals surface area contributed by atoms with Gasteiger partial charge in [-0.05, 0) is 35.5 Å². The van der Waals surface area contributed by atoms with Crippen LogP contribution in [-0.2, 0) is 6.18 Å². The predicted octanol–water partition coefficient (Wildman–Crippen LogP) is 3.48. The van der Waals surface area contributed by atoms with Crippen LogP contribution in [0, 0.1) is 4.91 Å². The van der Waals surface area contributed by atoms with Gasteiger partial charge in [0.15, 0.2) is 5.69 Å². The smallest absolute Gasteiger partial charge is 0.416 e. The van der Waals surface area contributed by atoms with Crippen molar-refractivity contribution in [3.63, 3.8) is 0 Å². The van der Waals surface area contributed by atoms with Crippen molar-refractivity contribution < 1.29 is 27.5 Å². The quantitative estimate of drug-likeness (QED) is 0.583. The van der Waals surface area contributed by atoms with E-state index in [1.165, 1.54) is 31.6 Å². The minimum absolute atomic E-state index is 0.00559. The van der Waals surface area contributed by atoms with Crippen LogP contribution in [0.25, 0.3) is 0 Å². The summed E-state index contributed by atoms with van der Waals surface area (Å²) >= 11 is 0. The standard InChI is InChI=1S/C20H15F3N6O4/c1-33-16-8-11(6-7-24-16)18(30)26-14-9-25-29-15(27-32)10-28(19(31)17(14)29)13-4-2-12(3-5-13)20(21,22)23/h2-9,15H,10H2,1H3,(H,26,30)/t15-/m1/s1. The fourth-order valence-corrected chi connectivity index (χ4v) is 3.33. The third-order valence-corrected chi connectivity index (χ3v) is 4.95. The van der Waals surface area contributed by atoms with E-state index in [2.05, 4.69) is 20.6 Å². The van der Waals surface area contributed by atoms with Gasteiger partial charge in [0.05, 0.1) is 31.1 Å². The Labute approximate surface area is 183 Å². The molecule has 1 aromatic carbocycles. The Balaban J connectivity index is 1.66. The molecular weight excluding hydrogens is 445 g/mol. The van der Waals surface area contributed by atoms with Crippen LogP contribution in [0.3, 0.4) is 0 Å². The number of fused-ring (bicyclic) bond motifs is 1. The number of amides is 2. The van der Waals surface area contributed by atoms with Gasteiger partial charge in [0.1, 0.15) is 0 Å². The number of hydrogen-bond donors (Lipinski definition) is 1. The molecule has 1 aliphatic heterocycles. The molecule has 0 saturated carbocycles. The van der Waals surface area contributed by atoms with E-state index in [0.717, 1.165) is 33.8 Å². The zero-order valence-electron chi connectivity index (χ0n) is 16.9. The summed E-state index contributed by atoms with van der Waals surface area (Å²) in [7, 11) is 1.39. The summed E-state index contributed by atoms with van der Waals surface area (Å²) in [6.07, 6.45) is -3.13. The van der Waals surface area contributed by atoms with E-state index in [0.29, 0.717) is 0 Å². The highest BCUT2D eigenvalue weighted by Crippen LogP contribution is 2.34. The molecule has 1 atom stereocenters. The van der Waals surface area contributed by atoms with Crippen LogP contribution in [0.2, 0.25) is 0 Å². The molecule has 10 nitrogen and oxygen atoms in total. The predicted molar refractivity (Wildman–Crippen MR) is 109 cm³/mol. The van der Waals surface area contributed by atoms with Gasteiger partial charge in [0, 0.05) is 23.5 Å². The number of nitrogens with zero attached hydrogens (tertiary/aromatic N) is 5. The molecule has 1 N–H and O–H groups in total. The van der Waals surface area contributed by atoms with Gasteiger partial charge >= 0.3 is 6.18 Å². The van der Waals surface area contributed by atoms with Gasteiger partial charge in [-0.3, -0.25) is 9.59 Å². The normalized spacial score (nSPS) is 15.7. The summed E-state index contributed by atoms with van der Waals surface area (Å²) in [4.78, 5) is 42.3. The zero-order valence-corrected chi connectivity index (χ0v) is 16.9. The van der Waals surface area contributed by atoms with E-state index in [9.17, 15) is 27.7 Å². The van der Waals surface area contributed by atoms with Gasteiger partial charge in [0.25, 0.3) is 11.8 Å². The van der Waals surface area contributed by atoms with Gasteiger partial charge in [-0.1, -0.05) is 0 Å². The first-order valence-electron chi connectivity index (χ1n) is 9.43. The summed E-state index contributed by atoms with van der Waals surface area (Å²) in [5.74, 6) is -1.06. The van der Waals surface area contributed by atoms with Crippen molar-refractivity contribution in [3.05, 3.63) is 70.5 Å². The number of anilines is 2. The van der Waals surface area contributed by atoms with Crippen molar-refractivity contribution in [3.8, 4) is 5.88 Å². The van der Waals surface area contributed by atoms with Crippen LogP contribution >= 0.6 is 0 Å². The Hall–Kier alpha value is -4.29. The van der Waals surface area contributed by atoms with Crippen LogP contribution in [0.5, 0.6) is 5.88 Å². The monoisotopic (exact) mass is 460 g/mol. The van der Waals surface area contributed by atoms with Crippen molar-refractivity contribution in [1.29, 1.82) is 0 Å². The molecule has 0 fully saturated rings. The molecule has 3 heterocycles. The van der Waals surface area contributed by atoms with E-state index in [-0.39, 0.29) is 35.1 Å². The van der Waals surface area contributed by atoms with E-state index in [4.69, 9.17) is 4.74 Å². The Morgan fingerprint density at radius 1 is 1.24 bits per heavy atom. The average Bonchev–Trinajstić information content (AvgIpc) is 3.23. The third-order valence-electron chi connectivity index (χ3n) is 4.95. The lowest BCUT2D eigenvalue weighted by Gasteiger charge is -2.30. The van der Waals surface area contributed by atoms with Crippen LogP contribution in [-0.4, -0.2) is 40.2 Å². The number of alkyl halides is 3. The van der Waals surface area contributed by atoms with Crippen molar-refractivity contribution in [1.82, 2.24) is 14.8 Å². The summed E-state index contributed by atoms with van der Waals surface area (Å²) in [5, 5.41) is 9.51. The minimum atomic E-state index is -4.54.